The molecule has 0 radical (unpaired) electrons. The van der Waals surface area contributed by atoms with Gasteiger partial charge in [-0.2, -0.15) is 0 Å². The number of hydrogen-bond donors (Lipinski definition) is 2. The molecule has 1 aliphatic heterocycles. The second kappa shape index (κ2) is 9.79. The van der Waals surface area contributed by atoms with E-state index in [1.54, 1.807) is 37.3 Å². The zero-order chi connectivity index (χ0) is 25.3. The summed E-state index contributed by atoms with van der Waals surface area (Å²) in [6.45, 7) is 8.89. The van der Waals surface area contributed by atoms with Crippen LogP contribution < -0.4 is 10.6 Å². The lowest BCUT2D eigenvalue weighted by Crippen LogP contribution is -2.51. The highest BCUT2D eigenvalue weighted by Gasteiger charge is 2.32. The number of carbonyl (C=O) groups excluding carboxylic acids is 4. The Kier molecular flexibility index (Phi) is 7.24. The van der Waals surface area contributed by atoms with Gasteiger partial charge in [-0.05, 0) is 69.9 Å². The van der Waals surface area contributed by atoms with E-state index in [9.17, 15) is 23.6 Å². The molecule has 3 rings (SSSR count). The van der Waals surface area contributed by atoms with Crippen molar-refractivity contribution in [2.75, 3.05) is 11.9 Å². The van der Waals surface area contributed by atoms with E-state index >= 15 is 0 Å². The molecule has 182 valence electrons. The Morgan fingerprint density at radius 1 is 1.12 bits per heavy atom. The summed E-state index contributed by atoms with van der Waals surface area (Å²) in [6.07, 6.45) is 1.13. The zero-order valence-electron chi connectivity index (χ0n) is 20.4. The van der Waals surface area contributed by atoms with E-state index in [-0.39, 0.29) is 29.5 Å². The van der Waals surface area contributed by atoms with Gasteiger partial charge in [0.15, 0.2) is 0 Å². The van der Waals surface area contributed by atoms with Crippen molar-refractivity contribution in [1.29, 1.82) is 0 Å². The molecule has 1 aliphatic rings. The third kappa shape index (κ3) is 4.88. The Bertz CT molecular complexity index is 1170. The first-order valence-electron chi connectivity index (χ1n) is 11.3. The number of halogens is 1. The predicted octanol–water partition coefficient (Wildman–Crippen LogP) is 3.04. The number of nitrogens with zero attached hydrogens (tertiary/aromatic N) is 2. The molecule has 9 heteroatoms. The summed E-state index contributed by atoms with van der Waals surface area (Å²) in [5, 5.41) is 5.53. The quantitative estimate of drug-likeness (QED) is 0.518. The molecule has 1 fully saturated rings. The van der Waals surface area contributed by atoms with Gasteiger partial charge in [0.2, 0.25) is 5.91 Å². The van der Waals surface area contributed by atoms with Crippen molar-refractivity contribution in [2.24, 2.45) is 7.05 Å². The van der Waals surface area contributed by atoms with E-state index in [0.717, 1.165) is 0 Å². The van der Waals surface area contributed by atoms with Gasteiger partial charge in [0.05, 0.1) is 11.3 Å². The Labute approximate surface area is 198 Å². The molecule has 2 aromatic rings. The molecule has 3 amide bonds. The van der Waals surface area contributed by atoms with Gasteiger partial charge in [-0.1, -0.05) is 0 Å². The summed E-state index contributed by atoms with van der Waals surface area (Å²) in [5.74, 6) is -2.28. The van der Waals surface area contributed by atoms with Gasteiger partial charge in [0.1, 0.15) is 5.82 Å². The molecule has 0 aliphatic carbocycles. The molecule has 1 aromatic heterocycles. The van der Waals surface area contributed by atoms with Crippen molar-refractivity contribution < 1.29 is 23.6 Å². The minimum atomic E-state index is -0.738. The van der Waals surface area contributed by atoms with Crippen molar-refractivity contribution in [3.05, 3.63) is 52.1 Å². The predicted molar refractivity (Wildman–Crippen MR) is 126 cm³/mol. The highest BCUT2D eigenvalue weighted by Crippen LogP contribution is 2.24. The Morgan fingerprint density at radius 2 is 1.79 bits per heavy atom. The largest absolute Gasteiger partial charge is 0.346 e. The first-order chi connectivity index (χ1) is 15.9. The molecule has 2 atom stereocenters. The van der Waals surface area contributed by atoms with Crippen molar-refractivity contribution in [3.63, 3.8) is 0 Å². The first-order valence-corrected chi connectivity index (χ1v) is 11.3. The molecule has 0 saturated carbocycles. The number of hydrogen-bond acceptors (Lipinski definition) is 4. The highest BCUT2D eigenvalue weighted by atomic mass is 19.1. The normalized spacial score (nSPS) is 17.9. The van der Waals surface area contributed by atoms with Crippen molar-refractivity contribution in [1.82, 2.24) is 14.8 Å². The molecule has 2 heterocycles. The molecule has 0 spiro atoms. The van der Waals surface area contributed by atoms with E-state index in [2.05, 4.69) is 10.6 Å². The monoisotopic (exact) mass is 470 g/mol. The molecule has 0 bridgehead atoms. The molecule has 1 aromatic carbocycles. The van der Waals surface area contributed by atoms with Crippen LogP contribution in [0.3, 0.4) is 0 Å². The number of aromatic nitrogens is 1. The Hall–Kier alpha value is -3.49. The van der Waals surface area contributed by atoms with E-state index in [0.29, 0.717) is 47.5 Å². The number of benzene rings is 1. The fourth-order valence-corrected chi connectivity index (χ4v) is 4.68. The average molecular weight is 471 g/mol. The SMILES string of the molecule is CC(=O)N1CC[C@H](NC(=O)C(=O)c2c(C)c(C(=O)Nc3ccc(F)c(C)c3)c(C)n2C)C[C@@H]1C. The van der Waals surface area contributed by atoms with Crippen LogP contribution in [0.15, 0.2) is 18.2 Å². The minimum absolute atomic E-state index is 0.00938. The van der Waals surface area contributed by atoms with Gasteiger partial charge in [0.25, 0.3) is 17.6 Å². The van der Waals surface area contributed by atoms with Crippen LogP contribution in [-0.2, 0) is 16.6 Å². The van der Waals surface area contributed by atoms with Crippen molar-refractivity contribution in [3.8, 4) is 0 Å². The summed E-state index contributed by atoms with van der Waals surface area (Å²) < 4.78 is 15.1. The van der Waals surface area contributed by atoms with Crippen LogP contribution in [0.25, 0.3) is 0 Å². The molecule has 8 nitrogen and oxygen atoms in total. The number of amides is 3. The summed E-state index contributed by atoms with van der Waals surface area (Å²) in [4.78, 5) is 52.3. The van der Waals surface area contributed by atoms with Crippen LogP contribution in [-0.4, -0.2) is 51.6 Å². The smallest absolute Gasteiger partial charge is 0.294 e. The highest BCUT2D eigenvalue weighted by molar-refractivity contribution is 6.43. The lowest BCUT2D eigenvalue weighted by molar-refractivity contribution is -0.132. The van der Waals surface area contributed by atoms with E-state index < -0.39 is 17.6 Å². The van der Waals surface area contributed by atoms with Gasteiger partial charge in [-0.25, -0.2) is 4.39 Å². The second-order valence-corrected chi connectivity index (χ2v) is 9.00. The maximum absolute atomic E-state index is 13.5. The number of rotatable bonds is 5. The molecule has 34 heavy (non-hydrogen) atoms. The van der Waals surface area contributed by atoms with E-state index in [1.165, 1.54) is 25.1 Å². The number of piperidine rings is 1. The van der Waals surface area contributed by atoms with Crippen molar-refractivity contribution >= 4 is 29.2 Å². The lowest BCUT2D eigenvalue weighted by atomic mass is 9.97. The molecule has 2 N–H and O–H groups in total. The van der Waals surface area contributed by atoms with Gasteiger partial charge in [-0.3, -0.25) is 19.2 Å². The third-order valence-electron chi connectivity index (χ3n) is 6.61. The van der Waals surface area contributed by atoms with E-state index in [1.807, 2.05) is 6.92 Å². The number of ketones is 1. The zero-order valence-corrected chi connectivity index (χ0v) is 20.4. The summed E-state index contributed by atoms with van der Waals surface area (Å²) in [7, 11) is 1.63. The number of aryl methyl sites for hydroxylation is 1. The van der Waals surface area contributed by atoms with Crippen molar-refractivity contribution in [2.45, 2.75) is 59.5 Å². The van der Waals surface area contributed by atoms with Crippen LogP contribution in [0, 0.1) is 26.6 Å². The third-order valence-corrected chi connectivity index (χ3v) is 6.61. The van der Waals surface area contributed by atoms with Crippen LogP contribution in [0.2, 0.25) is 0 Å². The Balaban J connectivity index is 1.77. The molecular formula is C25H31FN4O4. The fraction of sp³-hybridized carbons (Fsp3) is 0.440. The molecule has 1 saturated heterocycles. The standard InChI is InChI=1S/C25H31FN4O4/c1-13-11-18(7-8-20(13)26)27-24(33)21-15(3)22(29(6)16(21)4)23(32)25(34)28-19-9-10-30(17(5)31)14(2)12-19/h7-8,11,14,19H,9-10,12H2,1-6H3,(H,27,33)(H,28,34)/t14-,19-/m0/s1. The number of nitrogens with one attached hydrogen (secondary N) is 2. The van der Waals surface area contributed by atoms with Crippen LogP contribution in [0.4, 0.5) is 10.1 Å². The summed E-state index contributed by atoms with van der Waals surface area (Å²) in [5.41, 5.74) is 2.21. The fourth-order valence-electron chi connectivity index (χ4n) is 4.68. The number of Topliss-reactive ketones (excluding diaryl/α,β-unsaturated/α-hetero) is 1. The molecular weight excluding hydrogens is 439 g/mol. The van der Waals surface area contributed by atoms with Gasteiger partial charge in [0, 0.05) is 44.0 Å². The van der Waals surface area contributed by atoms with Crippen LogP contribution in [0.1, 0.15) is 64.4 Å². The molecule has 0 unspecified atom stereocenters. The first kappa shape index (κ1) is 25.1. The summed E-state index contributed by atoms with van der Waals surface area (Å²) >= 11 is 0. The maximum atomic E-state index is 13.5. The second-order valence-electron chi connectivity index (χ2n) is 9.00. The Morgan fingerprint density at radius 3 is 2.38 bits per heavy atom. The van der Waals surface area contributed by atoms with Crippen LogP contribution >= 0.6 is 0 Å². The van der Waals surface area contributed by atoms with Gasteiger partial charge < -0.3 is 20.1 Å². The average Bonchev–Trinajstić information content (AvgIpc) is 2.98. The van der Waals surface area contributed by atoms with E-state index in [4.69, 9.17) is 0 Å². The number of likely N-dealkylation sites (tertiary alicyclic amines) is 1. The maximum Gasteiger partial charge on any atom is 0.294 e. The lowest BCUT2D eigenvalue weighted by Gasteiger charge is -2.37. The summed E-state index contributed by atoms with van der Waals surface area (Å²) in [6, 6.07) is 4.02. The van der Waals surface area contributed by atoms with Gasteiger partial charge in [-0.15, -0.1) is 0 Å². The topological polar surface area (TPSA) is 101 Å². The number of carbonyl (C=O) groups is 4. The van der Waals surface area contributed by atoms with Gasteiger partial charge >= 0.3 is 0 Å². The number of anilines is 1. The van der Waals surface area contributed by atoms with Crippen LogP contribution in [0.5, 0.6) is 0 Å². The minimum Gasteiger partial charge on any atom is -0.346 e.